The fraction of sp³-hybridized carbons (Fsp3) is 0.158. The predicted molar refractivity (Wildman–Crippen MR) is 98.1 cm³/mol. The number of para-hydroxylation sites is 2. The van der Waals surface area contributed by atoms with Gasteiger partial charge in [0, 0.05) is 24.2 Å². The van der Waals surface area contributed by atoms with Crippen molar-refractivity contribution in [2.24, 2.45) is 7.05 Å². The molecule has 5 heteroatoms. The predicted octanol–water partition coefficient (Wildman–Crippen LogP) is 3.85. The number of carbonyl (C=O) groups is 1. The maximum Gasteiger partial charge on any atom is 0.256 e. The van der Waals surface area contributed by atoms with E-state index in [1.54, 1.807) is 0 Å². The number of anilines is 1. The van der Waals surface area contributed by atoms with Gasteiger partial charge in [0.25, 0.3) is 5.91 Å². The molecule has 1 aromatic heterocycles. The van der Waals surface area contributed by atoms with Gasteiger partial charge in [-0.3, -0.25) is 4.79 Å². The zero-order chi connectivity index (χ0) is 16.7. The molecule has 0 radical (unpaired) electrons. The van der Waals surface area contributed by atoms with Gasteiger partial charge in [0.1, 0.15) is 5.82 Å². The fourth-order valence-corrected chi connectivity index (χ4v) is 3.28. The molecule has 0 spiro atoms. The standard InChI is InChI=1S/C19H16ClN3O/c1-23-17-5-3-2-4-16(17)21-18(23)11-14-13-10-12(8-9-20)6-7-15(13)22-19(14)24/h2-7,10-11H,8-9H2,1H3,(H,22,24). The normalized spacial score (nSPS) is 15.1. The minimum atomic E-state index is -0.0971. The van der Waals surface area contributed by atoms with Gasteiger partial charge in [-0.15, -0.1) is 11.6 Å². The number of rotatable bonds is 3. The molecule has 4 nitrogen and oxygen atoms in total. The molecular weight excluding hydrogens is 322 g/mol. The Bertz CT molecular complexity index is 987. The highest BCUT2D eigenvalue weighted by atomic mass is 35.5. The number of hydrogen-bond donors (Lipinski definition) is 1. The van der Waals surface area contributed by atoms with Crippen LogP contribution in [0.4, 0.5) is 5.69 Å². The van der Waals surface area contributed by atoms with Crippen LogP contribution in [0.2, 0.25) is 0 Å². The van der Waals surface area contributed by atoms with E-state index in [2.05, 4.69) is 10.3 Å². The molecule has 1 aliphatic rings. The topological polar surface area (TPSA) is 46.9 Å². The Labute approximate surface area is 144 Å². The summed E-state index contributed by atoms with van der Waals surface area (Å²) in [6.45, 7) is 0. The number of hydrogen-bond acceptors (Lipinski definition) is 2. The van der Waals surface area contributed by atoms with Gasteiger partial charge in [-0.05, 0) is 42.3 Å². The van der Waals surface area contributed by atoms with Crippen molar-refractivity contribution in [2.75, 3.05) is 11.2 Å². The lowest BCUT2D eigenvalue weighted by molar-refractivity contribution is -0.110. The van der Waals surface area contributed by atoms with E-state index in [1.807, 2.05) is 60.2 Å². The molecule has 0 atom stereocenters. The molecule has 0 aliphatic carbocycles. The van der Waals surface area contributed by atoms with Crippen LogP contribution in [-0.2, 0) is 18.3 Å². The summed E-state index contributed by atoms with van der Waals surface area (Å²) in [6.07, 6.45) is 2.63. The van der Waals surface area contributed by atoms with Gasteiger partial charge < -0.3 is 9.88 Å². The summed E-state index contributed by atoms with van der Waals surface area (Å²) in [5, 5.41) is 2.91. The van der Waals surface area contributed by atoms with Crippen LogP contribution in [0.3, 0.4) is 0 Å². The second kappa shape index (κ2) is 5.80. The molecule has 0 saturated heterocycles. The Hall–Kier alpha value is -2.59. The Morgan fingerprint density at radius 2 is 2.08 bits per heavy atom. The van der Waals surface area contributed by atoms with Gasteiger partial charge in [-0.1, -0.05) is 18.2 Å². The van der Waals surface area contributed by atoms with E-state index in [1.165, 1.54) is 0 Å². The minimum Gasteiger partial charge on any atom is -0.328 e. The van der Waals surface area contributed by atoms with Crippen molar-refractivity contribution in [1.29, 1.82) is 0 Å². The summed E-state index contributed by atoms with van der Waals surface area (Å²) in [4.78, 5) is 17.0. The second-order valence-corrected chi connectivity index (χ2v) is 6.23. The van der Waals surface area contributed by atoms with Crippen LogP contribution >= 0.6 is 11.6 Å². The lowest BCUT2D eigenvalue weighted by Gasteiger charge is -2.03. The molecule has 0 fully saturated rings. The quantitative estimate of drug-likeness (QED) is 0.583. The Balaban J connectivity index is 1.84. The third kappa shape index (κ3) is 2.39. The van der Waals surface area contributed by atoms with E-state index in [4.69, 9.17) is 11.6 Å². The zero-order valence-corrected chi connectivity index (χ0v) is 14.0. The van der Waals surface area contributed by atoms with E-state index < -0.39 is 0 Å². The second-order valence-electron chi connectivity index (χ2n) is 5.85. The smallest absolute Gasteiger partial charge is 0.256 e. The largest absolute Gasteiger partial charge is 0.328 e. The Kier molecular flexibility index (Phi) is 3.62. The summed E-state index contributed by atoms with van der Waals surface area (Å²) in [5.74, 6) is 1.22. The first kappa shape index (κ1) is 15.0. The van der Waals surface area contributed by atoms with E-state index >= 15 is 0 Å². The van der Waals surface area contributed by atoms with E-state index in [9.17, 15) is 4.79 Å². The third-order valence-corrected chi connectivity index (χ3v) is 4.53. The minimum absolute atomic E-state index is 0.0971. The van der Waals surface area contributed by atoms with Crippen molar-refractivity contribution in [2.45, 2.75) is 6.42 Å². The molecule has 1 amide bonds. The van der Waals surface area contributed by atoms with Crippen LogP contribution in [0.15, 0.2) is 42.5 Å². The highest BCUT2D eigenvalue weighted by Crippen LogP contribution is 2.34. The molecule has 2 heterocycles. The van der Waals surface area contributed by atoms with E-state index in [0.29, 0.717) is 11.5 Å². The van der Waals surface area contributed by atoms with Crippen LogP contribution < -0.4 is 5.32 Å². The molecule has 0 unspecified atom stereocenters. The van der Waals surface area contributed by atoms with Crippen molar-refractivity contribution in [1.82, 2.24) is 9.55 Å². The number of amides is 1. The first-order valence-corrected chi connectivity index (χ1v) is 8.34. The van der Waals surface area contributed by atoms with Gasteiger partial charge in [0.2, 0.25) is 0 Å². The highest BCUT2D eigenvalue weighted by molar-refractivity contribution is 6.34. The van der Waals surface area contributed by atoms with E-state index in [-0.39, 0.29) is 5.91 Å². The molecule has 0 saturated carbocycles. The summed E-state index contributed by atoms with van der Waals surface area (Å²) >= 11 is 5.84. The highest BCUT2D eigenvalue weighted by Gasteiger charge is 2.25. The number of aryl methyl sites for hydroxylation is 2. The maximum absolute atomic E-state index is 12.4. The molecule has 3 aromatic rings. The lowest BCUT2D eigenvalue weighted by Crippen LogP contribution is -2.04. The third-order valence-electron chi connectivity index (χ3n) is 4.35. The number of halogens is 1. The molecule has 2 aromatic carbocycles. The molecular formula is C19H16ClN3O. The Morgan fingerprint density at radius 3 is 2.88 bits per heavy atom. The average Bonchev–Trinajstić information content (AvgIpc) is 3.06. The van der Waals surface area contributed by atoms with Gasteiger partial charge in [-0.2, -0.15) is 0 Å². The van der Waals surface area contributed by atoms with Crippen LogP contribution in [0.5, 0.6) is 0 Å². The first-order valence-electron chi connectivity index (χ1n) is 7.81. The van der Waals surface area contributed by atoms with Crippen molar-refractivity contribution in [3.8, 4) is 0 Å². The number of nitrogens with one attached hydrogen (secondary N) is 1. The molecule has 120 valence electrons. The van der Waals surface area contributed by atoms with Crippen LogP contribution in [0, 0.1) is 0 Å². The average molecular weight is 338 g/mol. The first-order chi connectivity index (χ1) is 11.7. The van der Waals surface area contributed by atoms with Gasteiger partial charge in [-0.25, -0.2) is 4.98 Å². The lowest BCUT2D eigenvalue weighted by atomic mass is 10.0. The molecule has 0 bridgehead atoms. The summed E-state index contributed by atoms with van der Waals surface area (Å²) in [6, 6.07) is 13.9. The molecule has 4 rings (SSSR count). The van der Waals surface area contributed by atoms with Crippen LogP contribution in [-0.4, -0.2) is 21.3 Å². The van der Waals surface area contributed by atoms with Gasteiger partial charge in [0.05, 0.1) is 16.6 Å². The van der Waals surface area contributed by atoms with Crippen LogP contribution in [0.25, 0.3) is 22.7 Å². The number of aromatic nitrogens is 2. The fourth-order valence-electron chi connectivity index (χ4n) is 3.07. The van der Waals surface area contributed by atoms with E-state index in [0.717, 1.165) is 40.1 Å². The SMILES string of the molecule is Cn1c(C=C2C(=O)Nc3ccc(CCCl)cc32)nc2ccccc21. The maximum atomic E-state index is 12.4. The van der Waals surface area contributed by atoms with Crippen molar-refractivity contribution in [3.05, 3.63) is 59.4 Å². The number of carbonyl (C=O) groups excluding carboxylic acids is 1. The summed E-state index contributed by atoms with van der Waals surface area (Å²) in [7, 11) is 1.96. The number of benzene rings is 2. The van der Waals surface area contributed by atoms with Crippen molar-refractivity contribution in [3.63, 3.8) is 0 Å². The molecule has 1 aliphatic heterocycles. The number of nitrogens with zero attached hydrogens (tertiary/aromatic N) is 2. The number of alkyl halides is 1. The van der Waals surface area contributed by atoms with Gasteiger partial charge in [0.15, 0.2) is 0 Å². The van der Waals surface area contributed by atoms with Crippen molar-refractivity contribution < 1.29 is 4.79 Å². The monoisotopic (exact) mass is 337 g/mol. The van der Waals surface area contributed by atoms with Crippen molar-refractivity contribution >= 4 is 45.9 Å². The molecule has 24 heavy (non-hydrogen) atoms. The summed E-state index contributed by atoms with van der Waals surface area (Å²) < 4.78 is 2.00. The summed E-state index contributed by atoms with van der Waals surface area (Å²) in [5.41, 5.74) is 5.47. The van der Waals surface area contributed by atoms with Crippen LogP contribution in [0.1, 0.15) is 17.0 Å². The van der Waals surface area contributed by atoms with Gasteiger partial charge >= 0.3 is 0 Å². The zero-order valence-electron chi connectivity index (χ0n) is 13.2. The molecule has 1 N–H and O–H groups in total. The Morgan fingerprint density at radius 1 is 1.25 bits per heavy atom. The number of imidazole rings is 1. The number of fused-ring (bicyclic) bond motifs is 2.